The summed E-state index contributed by atoms with van der Waals surface area (Å²) < 4.78 is 42.7. The molecule has 10 heteroatoms. The molecule has 32 heavy (non-hydrogen) atoms. The van der Waals surface area contributed by atoms with Gasteiger partial charge in [-0.15, -0.1) is 0 Å². The number of halogens is 1. The van der Waals surface area contributed by atoms with E-state index in [2.05, 4.69) is 5.32 Å². The van der Waals surface area contributed by atoms with Crippen molar-refractivity contribution in [1.82, 2.24) is 14.5 Å². The lowest BCUT2D eigenvalue weighted by Crippen LogP contribution is -2.50. The summed E-state index contributed by atoms with van der Waals surface area (Å²) in [6.07, 6.45) is 0.996. The molecule has 0 spiro atoms. The Bertz CT molecular complexity index is 1030. The molecule has 0 heterocycles. The number of sulfonamides is 1. The van der Waals surface area contributed by atoms with Crippen molar-refractivity contribution in [1.29, 1.82) is 0 Å². The molecular weight excluding hydrogens is 437 g/mol. The van der Waals surface area contributed by atoms with Gasteiger partial charge in [-0.3, -0.25) is 9.59 Å². The Kier molecular flexibility index (Phi) is 8.73. The average molecular weight is 466 g/mol. The molecular formula is C22H28FN3O5S. The van der Waals surface area contributed by atoms with E-state index in [9.17, 15) is 22.4 Å². The normalized spacial score (nSPS) is 12.3. The number of nitrogens with zero attached hydrogens (tertiary/aromatic N) is 2. The lowest BCUT2D eigenvalue weighted by Gasteiger charge is -2.30. The summed E-state index contributed by atoms with van der Waals surface area (Å²) in [4.78, 5) is 27.0. The average Bonchev–Trinajstić information content (AvgIpc) is 2.76. The lowest BCUT2D eigenvalue weighted by molar-refractivity contribution is -0.140. The van der Waals surface area contributed by atoms with Gasteiger partial charge in [-0.05, 0) is 42.3 Å². The first-order valence-corrected chi connectivity index (χ1v) is 11.7. The molecule has 2 amide bonds. The van der Waals surface area contributed by atoms with Gasteiger partial charge in [0.15, 0.2) is 0 Å². The Hall–Kier alpha value is -2.98. The van der Waals surface area contributed by atoms with E-state index in [0.29, 0.717) is 11.3 Å². The van der Waals surface area contributed by atoms with Gasteiger partial charge in [-0.2, -0.15) is 4.31 Å². The zero-order valence-electron chi connectivity index (χ0n) is 18.5. The summed E-state index contributed by atoms with van der Waals surface area (Å²) in [7, 11) is -0.731. The molecule has 0 aliphatic rings. The number of hydrogen-bond donors (Lipinski definition) is 1. The predicted molar refractivity (Wildman–Crippen MR) is 119 cm³/mol. The van der Waals surface area contributed by atoms with E-state index in [1.807, 2.05) is 12.1 Å². The van der Waals surface area contributed by atoms with E-state index >= 15 is 0 Å². The van der Waals surface area contributed by atoms with Gasteiger partial charge >= 0.3 is 0 Å². The molecule has 0 saturated heterocycles. The van der Waals surface area contributed by atoms with Crippen molar-refractivity contribution in [2.45, 2.75) is 26.1 Å². The Morgan fingerprint density at radius 1 is 1.06 bits per heavy atom. The molecule has 8 nitrogen and oxygen atoms in total. The number of carbonyl (C=O) groups excluding carboxylic acids is 2. The molecule has 2 aromatic rings. The van der Waals surface area contributed by atoms with Crippen LogP contribution in [0.5, 0.6) is 5.75 Å². The predicted octanol–water partition coefficient (Wildman–Crippen LogP) is 1.76. The van der Waals surface area contributed by atoms with Gasteiger partial charge in [0, 0.05) is 20.1 Å². The first-order chi connectivity index (χ1) is 15.0. The highest BCUT2D eigenvalue weighted by molar-refractivity contribution is 7.88. The van der Waals surface area contributed by atoms with Crippen LogP contribution in [0.2, 0.25) is 0 Å². The zero-order valence-corrected chi connectivity index (χ0v) is 19.4. The Morgan fingerprint density at radius 3 is 2.16 bits per heavy atom. The number of hydrogen-bond acceptors (Lipinski definition) is 5. The third kappa shape index (κ3) is 7.31. The fourth-order valence-corrected chi connectivity index (χ4v) is 3.19. The highest BCUT2D eigenvalue weighted by Gasteiger charge is 2.28. The maximum atomic E-state index is 13.3. The molecule has 0 radical (unpaired) electrons. The zero-order chi connectivity index (χ0) is 23.9. The lowest BCUT2D eigenvalue weighted by atomic mass is 10.1. The molecule has 1 atom stereocenters. The summed E-state index contributed by atoms with van der Waals surface area (Å²) in [5, 5.41) is 2.78. The minimum absolute atomic E-state index is 0.0217. The van der Waals surface area contributed by atoms with E-state index in [4.69, 9.17) is 4.74 Å². The number of amides is 2. The molecule has 0 aliphatic carbocycles. The van der Waals surface area contributed by atoms with Gasteiger partial charge in [0.05, 0.1) is 19.9 Å². The van der Waals surface area contributed by atoms with Gasteiger partial charge < -0.3 is 15.0 Å². The summed E-state index contributed by atoms with van der Waals surface area (Å²) in [6.45, 7) is 1.41. The molecule has 1 N–H and O–H groups in total. The van der Waals surface area contributed by atoms with Crippen molar-refractivity contribution >= 4 is 21.8 Å². The molecule has 0 bridgehead atoms. The van der Waals surface area contributed by atoms with E-state index in [1.54, 1.807) is 26.2 Å². The van der Waals surface area contributed by atoms with Crippen molar-refractivity contribution < 1.29 is 27.1 Å². The molecule has 0 saturated carbocycles. The Balaban J connectivity index is 2.14. The van der Waals surface area contributed by atoms with Gasteiger partial charge in [0.25, 0.3) is 0 Å². The van der Waals surface area contributed by atoms with Gasteiger partial charge in [0.1, 0.15) is 17.6 Å². The second-order valence-electron chi connectivity index (χ2n) is 7.41. The fourth-order valence-electron chi connectivity index (χ4n) is 2.85. The first kappa shape index (κ1) is 25.3. The number of likely N-dealkylation sites (N-methyl/N-ethyl adjacent to an activating group) is 1. The molecule has 174 valence electrons. The highest BCUT2D eigenvalue weighted by Crippen LogP contribution is 2.13. The van der Waals surface area contributed by atoms with Gasteiger partial charge in [-0.1, -0.05) is 24.3 Å². The highest BCUT2D eigenvalue weighted by atomic mass is 32.2. The first-order valence-electron chi connectivity index (χ1n) is 9.87. The van der Waals surface area contributed by atoms with E-state index < -0.39 is 40.2 Å². The Morgan fingerprint density at radius 2 is 1.62 bits per heavy atom. The third-order valence-corrected chi connectivity index (χ3v) is 6.24. The minimum Gasteiger partial charge on any atom is -0.497 e. The summed E-state index contributed by atoms with van der Waals surface area (Å²) >= 11 is 0. The van der Waals surface area contributed by atoms with Crippen LogP contribution in [-0.4, -0.2) is 62.4 Å². The second-order valence-corrected chi connectivity index (χ2v) is 9.50. The molecule has 2 rings (SSSR count). The van der Waals surface area contributed by atoms with Crippen LogP contribution in [0.4, 0.5) is 4.39 Å². The summed E-state index contributed by atoms with van der Waals surface area (Å²) in [5.41, 5.74) is 1.45. The summed E-state index contributed by atoms with van der Waals surface area (Å²) in [5.74, 6) is -0.680. The molecule has 0 aliphatic heterocycles. The van der Waals surface area contributed by atoms with Crippen LogP contribution in [0.25, 0.3) is 0 Å². The fraction of sp³-hybridized carbons (Fsp3) is 0.364. The topological polar surface area (TPSA) is 96.0 Å². The van der Waals surface area contributed by atoms with Gasteiger partial charge in [0.2, 0.25) is 21.8 Å². The molecule has 2 aromatic carbocycles. The van der Waals surface area contributed by atoms with E-state index in [0.717, 1.165) is 16.1 Å². The monoisotopic (exact) mass is 465 g/mol. The largest absolute Gasteiger partial charge is 0.497 e. The maximum absolute atomic E-state index is 13.3. The van der Waals surface area contributed by atoms with Crippen molar-refractivity contribution in [3.63, 3.8) is 0 Å². The van der Waals surface area contributed by atoms with Crippen LogP contribution in [0.1, 0.15) is 18.1 Å². The van der Waals surface area contributed by atoms with Crippen molar-refractivity contribution in [2.75, 3.05) is 27.0 Å². The number of methoxy groups -OCH3 is 1. The molecule has 0 fully saturated rings. The van der Waals surface area contributed by atoms with E-state index in [1.165, 1.54) is 36.2 Å². The second kappa shape index (κ2) is 11.1. The molecule has 0 aromatic heterocycles. The summed E-state index contributed by atoms with van der Waals surface area (Å²) in [6, 6.07) is 11.8. The van der Waals surface area contributed by atoms with Crippen LogP contribution in [0, 0.1) is 5.82 Å². The Labute approximate surface area is 188 Å². The number of nitrogens with one attached hydrogen (secondary N) is 1. The van der Waals surface area contributed by atoms with Crippen molar-refractivity contribution in [2.24, 2.45) is 0 Å². The standard InChI is InChI=1S/C22H28FN3O5S/c1-16(22(28)24-13-17-7-11-20(31-3)12-8-17)26(14-18-5-9-19(23)10-6-18)21(27)15-25(2)32(4,29)30/h5-12,16H,13-15H2,1-4H3,(H,24,28)/t16-/m1/s1. The van der Waals surface area contributed by atoms with Crippen LogP contribution in [-0.2, 0) is 32.7 Å². The quantitative estimate of drug-likeness (QED) is 0.577. The SMILES string of the molecule is COc1ccc(CNC(=O)[C@@H](C)N(Cc2ccc(F)cc2)C(=O)CN(C)S(C)(=O)=O)cc1. The van der Waals surface area contributed by atoms with Crippen LogP contribution in [0.3, 0.4) is 0 Å². The molecule has 0 unspecified atom stereocenters. The number of ether oxygens (including phenoxy) is 1. The number of carbonyl (C=O) groups is 2. The van der Waals surface area contributed by atoms with Crippen molar-refractivity contribution in [3.05, 3.63) is 65.5 Å². The third-order valence-electron chi connectivity index (χ3n) is 4.98. The van der Waals surface area contributed by atoms with Gasteiger partial charge in [-0.25, -0.2) is 12.8 Å². The van der Waals surface area contributed by atoms with E-state index in [-0.39, 0.29) is 13.1 Å². The maximum Gasteiger partial charge on any atom is 0.242 e. The van der Waals surface area contributed by atoms with Crippen LogP contribution in [0.15, 0.2) is 48.5 Å². The van der Waals surface area contributed by atoms with Crippen LogP contribution < -0.4 is 10.1 Å². The number of benzene rings is 2. The van der Waals surface area contributed by atoms with Crippen LogP contribution >= 0.6 is 0 Å². The number of rotatable bonds is 10. The minimum atomic E-state index is -3.58. The smallest absolute Gasteiger partial charge is 0.242 e. The van der Waals surface area contributed by atoms with Crippen molar-refractivity contribution in [3.8, 4) is 5.75 Å².